The Morgan fingerprint density at radius 1 is 1.30 bits per heavy atom. The first-order valence-corrected chi connectivity index (χ1v) is 7.91. The molecule has 0 spiro atoms. The van der Waals surface area contributed by atoms with Crippen molar-refractivity contribution in [1.29, 1.82) is 0 Å². The number of rotatable bonds is 6. The monoisotopic (exact) mass is 329 g/mol. The van der Waals surface area contributed by atoms with E-state index in [9.17, 15) is 4.79 Å². The van der Waals surface area contributed by atoms with Crippen molar-refractivity contribution in [3.05, 3.63) is 48.3 Å². The van der Waals surface area contributed by atoms with Crippen LogP contribution in [0, 0.1) is 0 Å². The summed E-state index contributed by atoms with van der Waals surface area (Å²) >= 11 is 1.38. The minimum absolute atomic E-state index is 0.212. The van der Waals surface area contributed by atoms with Crippen molar-refractivity contribution in [1.82, 2.24) is 9.97 Å². The van der Waals surface area contributed by atoms with E-state index in [1.165, 1.54) is 11.3 Å². The minimum Gasteiger partial charge on any atom is -0.468 e. The summed E-state index contributed by atoms with van der Waals surface area (Å²) in [6, 6.07) is 10.7. The number of amides is 1. The number of ether oxygens (including phenoxy) is 2. The average Bonchev–Trinajstić information content (AvgIpc) is 2.97. The van der Waals surface area contributed by atoms with Crippen LogP contribution in [0.3, 0.4) is 0 Å². The Labute approximate surface area is 137 Å². The number of carbonyl (C=O) groups excluding carboxylic acids is 1. The van der Waals surface area contributed by atoms with Gasteiger partial charge in [0.15, 0.2) is 11.9 Å². The van der Waals surface area contributed by atoms with Gasteiger partial charge in [0.05, 0.1) is 10.2 Å². The molecular formula is C16H15N3O3S. The summed E-state index contributed by atoms with van der Waals surface area (Å²) in [4.78, 5) is 20.5. The number of anilines is 1. The molecular weight excluding hydrogens is 314 g/mol. The van der Waals surface area contributed by atoms with Crippen LogP contribution in [0.15, 0.2) is 42.6 Å². The SMILES string of the molecule is CCOCOc1ccc2nc(NC(=O)c3ccccn3)sc2c1. The zero-order valence-corrected chi connectivity index (χ0v) is 13.3. The van der Waals surface area contributed by atoms with E-state index in [2.05, 4.69) is 15.3 Å². The van der Waals surface area contributed by atoms with Crippen LogP contribution < -0.4 is 10.1 Å². The van der Waals surface area contributed by atoms with Gasteiger partial charge in [0.25, 0.3) is 5.91 Å². The quantitative estimate of drug-likeness (QED) is 0.555. The molecule has 0 radical (unpaired) electrons. The fourth-order valence-electron chi connectivity index (χ4n) is 1.90. The van der Waals surface area contributed by atoms with Gasteiger partial charge in [0.1, 0.15) is 11.4 Å². The molecule has 0 saturated heterocycles. The smallest absolute Gasteiger partial charge is 0.276 e. The summed E-state index contributed by atoms with van der Waals surface area (Å²) in [5.74, 6) is 0.426. The molecule has 3 rings (SSSR count). The van der Waals surface area contributed by atoms with Crippen molar-refractivity contribution in [2.75, 3.05) is 18.7 Å². The average molecular weight is 329 g/mol. The molecule has 0 fully saturated rings. The number of aromatic nitrogens is 2. The molecule has 1 amide bonds. The van der Waals surface area contributed by atoms with E-state index >= 15 is 0 Å². The van der Waals surface area contributed by atoms with E-state index in [0.717, 1.165) is 10.2 Å². The Morgan fingerprint density at radius 2 is 2.22 bits per heavy atom. The van der Waals surface area contributed by atoms with Gasteiger partial charge in [-0.15, -0.1) is 0 Å². The highest BCUT2D eigenvalue weighted by Gasteiger charge is 2.11. The Morgan fingerprint density at radius 3 is 3.00 bits per heavy atom. The van der Waals surface area contributed by atoms with Crippen LogP contribution >= 0.6 is 11.3 Å². The molecule has 0 atom stereocenters. The Kier molecular flexibility index (Phi) is 4.80. The first-order chi connectivity index (χ1) is 11.3. The third kappa shape index (κ3) is 3.82. The third-order valence-corrected chi connectivity index (χ3v) is 3.92. The van der Waals surface area contributed by atoms with Gasteiger partial charge in [-0.05, 0) is 37.3 Å². The second-order valence-electron chi connectivity index (χ2n) is 4.57. The Hall–Kier alpha value is -2.51. The molecule has 3 aromatic rings. The maximum atomic E-state index is 12.1. The van der Waals surface area contributed by atoms with E-state index in [1.54, 1.807) is 24.4 Å². The van der Waals surface area contributed by atoms with Crippen molar-refractivity contribution in [3.63, 3.8) is 0 Å². The van der Waals surface area contributed by atoms with Gasteiger partial charge in [-0.3, -0.25) is 15.1 Å². The predicted molar refractivity (Wildman–Crippen MR) is 88.9 cm³/mol. The number of fused-ring (bicyclic) bond motifs is 1. The molecule has 0 aliphatic heterocycles. The summed E-state index contributed by atoms with van der Waals surface area (Å²) in [6.07, 6.45) is 1.58. The van der Waals surface area contributed by atoms with Gasteiger partial charge in [0, 0.05) is 12.8 Å². The van der Waals surface area contributed by atoms with Crippen LogP contribution in [0.4, 0.5) is 5.13 Å². The zero-order chi connectivity index (χ0) is 16.1. The van der Waals surface area contributed by atoms with Crippen molar-refractivity contribution < 1.29 is 14.3 Å². The standard InChI is InChI=1S/C16H15N3O3S/c1-2-21-10-22-11-6-7-12-14(9-11)23-16(18-12)19-15(20)13-5-3-4-8-17-13/h3-9H,2,10H2,1H3,(H,18,19,20). The van der Waals surface area contributed by atoms with Gasteiger partial charge in [-0.1, -0.05) is 17.4 Å². The number of nitrogens with one attached hydrogen (secondary N) is 1. The third-order valence-electron chi connectivity index (χ3n) is 2.99. The number of hydrogen-bond acceptors (Lipinski definition) is 6. The number of pyridine rings is 1. The van der Waals surface area contributed by atoms with E-state index in [1.807, 2.05) is 25.1 Å². The second kappa shape index (κ2) is 7.17. The molecule has 6 nitrogen and oxygen atoms in total. The zero-order valence-electron chi connectivity index (χ0n) is 12.5. The van der Waals surface area contributed by atoms with Gasteiger partial charge in [0.2, 0.25) is 0 Å². The molecule has 0 saturated carbocycles. The molecule has 23 heavy (non-hydrogen) atoms. The molecule has 0 aliphatic rings. The lowest BCUT2D eigenvalue weighted by Crippen LogP contribution is -2.12. The van der Waals surface area contributed by atoms with E-state index in [0.29, 0.717) is 23.2 Å². The largest absolute Gasteiger partial charge is 0.468 e. The Balaban J connectivity index is 1.73. The minimum atomic E-state index is -0.280. The number of nitrogens with zero attached hydrogens (tertiary/aromatic N) is 2. The van der Waals surface area contributed by atoms with Gasteiger partial charge in [-0.25, -0.2) is 4.98 Å². The molecule has 0 bridgehead atoms. The van der Waals surface area contributed by atoms with Crippen LogP contribution in [-0.2, 0) is 4.74 Å². The molecule has 0 unspecified atom stereocenters. The first-order valence-electron chi connectivity index (χ1n) is 7.10. The van der Waals surface area contributed by atoms with Crippen LogP contribution in [0.1, 0.15) is 17.4 Å². The summed E-state index contributed by atoms with van der Waals surface area (Å²) in [5, 5.41) is 3.29. The molecule has 118 valence electrons. The highest BCUT2D eigenvalue weighted by molar-refractivity contribution is 7.22. The second-order valence-corrected chi connectivity index (χ2v) is 5.60. The van der Waals surface area contributed by atoms with Crippen molar-refractivity contribution in [2.24, 2.45) is 0 Å². The number of hydrogen-bond donors (Lipinski definition) is 1. The molecule has 2 heterocycles. The van der Waals surface area contributed by atoms with Crippen molar-refractivity contribution in [2.45, 2.75) is 6.92 Å². The van der Waals surface area contributed by atoms with Crippen LogP contribution in [-0.4, -0.2) is 29.3 Å². The van der Waals surface area contributed by atoms with Crippen LogP contribution in [0.2, 0.25) is 0 Å². The number of benzene rings is 1. The highest BCUT2D eigenvalue weighted by Crippen LogP contribution is 2.29. The lowest BCUT2D eigenvalue weighted by molar-refractivity contribution is 0.0225. The van der Waals surface area contributed by atoms with E-state index < -0.39 is 0 Å². The summed E-state index contributed by atoms with van der Waals surface area (Å²) in [5.41, 5.74) is 1.16. The van der Waals surface area contributed by atoms with Gasteiger partial charge < -0.3 is 9.47 Å². The first kappa shape index (κ1) is 15.4. The maximum absolute atomic E-state index is 12.1. The molecule has 2 aromatic heterocycles. The fourth-order valence-corrected chi connectivity index (χ4v) is 2.79. The van der Waals surface area contributed by atoms with Crippen molar-refractivity contribution >= 4 is 32.6 Å². The van der Waals surface area contributed by atoms with Gasteiger partial charge in [-0.2, -0.15) is 0 Å². The Bertz CT molecular complexity index is 805. The lowest BCUT2D eigenvalue weighted by Gasteiger charge is -2.04. The van der Waals surface area contributed by atoms with Crippen molar-refractivity contribution in [3.8, 4) is 5.75 Å². The van der Waals surface area contributed by atoms with Crippen LogP contribution in [0.25, 0.3) is 10.2 Å². The molecule has 0 aliphatic carbocycles. The highest BCUT2D eigenvalue weighted by atomic mass is 32.1. The normalized spacial score (nSPS) is 10.7. The fraction of sp³-hybridized carbons (Fsp3) is 0.188. The van der Waals surface area contributed by atoms with Gasteiger partial charge >= 0.3 is 0 Å². The lowest BCUT2D eigenvalue weighted by atomic mass is 10.3. The van der Waals surface area contributed by atoms with E-state index in [4.69, 9.17) is 9.47 Å². The van der Waals surface area contributed by atoms with Crippen LogP contribution in [0.5, 0.6) is 5.75 Å². The maximum Gasteiger partial charge on any atom is 0.276 e. The summed E-state index contributed by atoms with van der Waals surface area (Å²) < 4.78 is 11.6. The predicted octanol–water partition coefficient (Wildman–Crippen LogP) is 3.32. The summed E-state index contributed by atoms with van der Waals surface area (Å²) in [6.45, 7) is 2.73. The molecule has 1 aromatic carbocycles. The topological polar surface area (TPSA) is 73.3 Å². The number of carbonyl (C=O) groups is 1. The molecule has 1 N–H and O–H groups in total. The van der Waals surface area contributed by atoms with E-state index in [-0.39, 0.29) is 12.7 Å². The molecule has 7 heteroatoms. The number of thiazole rings is 1. The summed E-state index contributed by atoms with van der Waals surface area (Å²) in [7, 11) is 0.